The number of alkyl halides is 2. The number of anilines is 1. The van der Waals surface area contributed by atoms with Crippen molar-refractivity contribution in [2.75, 3.05) is 5.32 Å². The van der Waals surface area contributed by atoms with Gasteiger partial charge in [-0.1, -0.05) is 11.6 Å². The Morgan fingerprint density at radius 1 is 1.46 bits per heavy atom. The minimum atomic E-state index is -3.07. The first-order valence-corrected chi connectivity index (χ1v) is 3.55. The molecule has 1 aromatic rings. The number of nitrogens with zero attached hydrogens (tertiary/aromatic N) is 2. The summed E-state index contributed by atoms with van der Waals surface area (Å²) in [5.74, 6) is -1.48. The predicted octanol–water partition coefficient (Wildman–Crippen LogP) is 1.33. The van der Waals surface area contributed by atoms with Crippen LogP contribution in [0, 0.1) is 0 Å². The van der Waals surface area contributed by atoms with E-state index < -0.39 is 12.3 Å². The van der Waals surface area contributed by atoms with Gasteiger partial charge in [-0.2, -0.15) is 8.78 Å². The van der Waals surface area contributed by atoms with Crippen LogP contribution in [0.4, 0.5) is 14.6 Å². The predicted molar refractivity (Wildman–Crippen MR) is 41.7 cm³/mol. The lowest BCUT2D eigenvalue weighted by molar-refractivity contribution is -0.126. The second-order valence-corrected chi connectivity index (χ2v) is 2.42. The third kappa shape index (κ3) is 2.90. The van der Waals surface area contributed by atoms with Gasteiger partial charge in [-0.15, -0.1) is 10.2 Å². The molecule has 70 valence electrons. The second kappa shape index (κ2) is 4.08. The van der Waals surface area contributed by atoms with Crippen LogP contribution in [0.2, 0.25) is 5.15 Å². The van der Waals surface area contributed by atoms with E-state index in [9.17, 15) is 13.6 Å². The van der Waals surface area contributed by atoms with Crippen molar-refractivity contribution in [1.29, 1.82) is 0 Å². The quantitative estimate of drug-likeness (QED) is 0.796. The maximum atomic E-state index is 11.7. The summed E-state index contributed by atoms with van der Waals surface area (Å²) in [6.45, 7) is 0. The fraction of sp³-hybridized carbons (Fsp3) is 0.167. The molecule has 1 heterocycles. The molecule has 0 atom stereocenters. The molecule has 0 aliphatic carbocycles. The third-order valence-corrected chi connectivity index (χ3v) is 1.28. The first kappa shape index (κ1) is 9.79. The zero-order valence-corrected chi connectivity index (χ0v) is 6.92. The van der Waals surface area contributed by atoms with Crippen molar-refractivity contribution in [3.05, 3.63) is 17.3 Å². The lowest BCUT2D eigenvalue weighted by Gasteiger charge is -2.01. The lowest BCUT2D eigenvalue weighted by atomic mass is 10.5. The molecule has 0 aliphatic heterocycles. The van der Waals surface area contributed by atoms with Crippen LogP contribution in [-0.2, 0) is 4.79 Å². The van der Waals surface area contributed by atoms with E-state index in [1.165, 1.54) is 12.1 Å². The van der Waals surface area contributed by atoms with Crippen LogP contribution < -0.4 is 5.32 Å². The van der Waals surface area contributed by atoms with Crippen LogP contribution in [0.1, 0.15) is 0 Å². The number of nitrogens with one attached hydrogen (secondary N) is 1. The molecule has 0 aromatic carbocycles. The van der Waals surface area contributed by atoms with Crippen LogP contribution >= 0.6 is 11.6 Å². The van der Waals surface area contributed by atoms with Gasteiger partial charge in [0.25, 0.3) is 5.91 Å². The summed E-state index contributed by atoms with van der Waals surface area (Å²) in [7, 11) is 0. The minimum absolute atomic E-state index is 0.0605. The monoisotopic (exact) mass is 207 g/mol. The molecule has 0 spiro atoms. The third-order valence-electron chi connectivity index (χ3n) is 1.08. The number of hydrogen-bond acceptors (Lipinski definition) is 3. The SMILES string of the molecule is O=C(Nc1ccc(Cl)nn1)C(F)F. The first-order valence-electron chi connectivity index (χ1n) is 3.18. The van der Waals surface area contributed by atoms with Crippen molar-refractivity contribution in [1.82, 2.24) is 10.2 Å². The summed E-state index contributed by atoms with van der Waals surface area (Å²) in [5, 5.41) is 8.67. The molecule has 0 radical (unpaired) electrons. The van der Waals surface area contributed by atoms with Crippen LogP contribution in [0.3, 0.4) is 0 Å². The number of aromatic nitrogens is 2. The van der Waals surface area contributed by atoms with E-state index in [1.54, 1.807) is 0 Å². The molecule has 0 saturated carbocycles. The molecule has 1 rings (SSSR count). The summed E-state index contributed by atoms with van der Waals surface area (Å²) >= 11 is 5.38. The van der Waals surface area contributed by atoms with Gasteiger partial charge in [-0.05, 0) is 12.1 Å². The fourth-order valence-electron chi connectivity index (χ4n) is 0.563. The molecule has 0 fully saturated rings. The highest BCUT2D eigenvalue weighted by molar-refractivity contribution is 6.29. The second-order valence-electron chi connectivity index (χ2n) is 2.03. The van der Waals surface area contributed by atoms with Crippen molar-refractivity contribution in [2.24, 2.45) is 0 Å². The molecule has 0 unspecified atom stereocenters. The fourth-order valence-corrected chi connectivity index (χ4v) is 0.664. The summed E-state index contributed by atoms with van der Waals surface area (Å²) in [6, 6.07) is 2.60. The average molecular weight is 208 g/mol. The average Bonchev–Trinajstić information content (AvgIpc) is 2.08. The van der Waals surface area contributed by atoms with Gasteiger partial charge in [-0.25, -0.2) is 0 Å². The van der Waals surface area contributed by atoms with Crippen LogP contribution in [0.5, 0.6) is 0 Å². The molecule has 1 aromatic heterocycles. The molecule has 13 heavy (non-hydrogen) atoms. The summed E-state index contributed by atoms with van der Waals surface area (Å²) in [6.07, 6.45) is -3.07. The van der Waals surface area contributed by atoms with Crippen molar-refractivity contribution in [3.8, 4) is 0 Å². The van der Waals surface area contributed by atoms with Crippen molar-refractivity contribution in [3.63, 3.8) is 0 Å². The molecule has 1 N–H and O–H groups in total. The van der Waals surface area contributed by atoms with E-state index in [0.29, 0.717) is 0 Å². The number of hydrogen-bond donors (Lipinski definition) is 1. The highest BCUT2D eigenvalue weighted by atomic mass is 35.5. The van der Waals surface area contributed by atoms with Crippen molar-refractivity contribution in [2.45, 2.75) is 6.43 Å². The smallest absolute Gasteiger partial charge is 0.304 e. The van der Waals surface area contributed by atoms with E-state index in [-0.39, 0.29) is 11.0 Å². The number of halogens is 3. The van der Waals surface area contributed by atoms with Gasteiger partial charge in [-0.3, -0.25) is 4.79 Å². The molecular formula is C6H4ClF2N3O. The van der Waals surface area contributed by atoms with Gasteiger partial charge >= 0.3 is 6.43 Å². The molecule has 7 heteroatoms. The highest BCUT2D eigenvalue weighted by Gasteiger charge is 2.15. The topological polar surface area (TPSA) is 54.9 Å². The van der Waals surface area contributed by atoms with E-state index >= 15 is 0 Å². The normalized spacial score (nSPS) is 10.2. The van der Waals surface area contributed by atoms with Gasteiger partial charge in [0.05, 0.1) is 0 Å². The molecule has 0 saturated heterocycles. The zero-order valence-electron chi connectivity index (χ0n) is 6.17. The summed E-state index contributed by atoms with van der Waals surface area (Å²) < 4.78 is 23.4. The maximum absolute atomic E-state index is 11.7. The lowest BCUT2D eigenvalue weighted by Crippen LogP contribution is -2.20. The Bertz CT molecular complexity index is 303. The Balaban J connectivity index is 2.65. The Labute approximate surface area is 76.9 Å². The highest BCUT2D eigenvalue weighted by Crippen LogP contribution is 2.06. The van der Waals surface area contributed by atoms with Gasteiger partial charge in [0, 0.05) is 0 Å². The zero-order chi connectivity index (χ0) is 9.84. The van der Waals surface area contributed by atoms with Gasteiger partial charge in [0.15, 0.2) is 11.0 Å². The van der Waals surface area contributed by atoms with Gasteiger partial charge in [0.2, 0.25) is 0 Å². The Morgan fingerprint density at radius 2 is 2.15 bits per heavy atom. The van der Waals surface area contributed by atoms with Gasteiger partial charge in [0.1, 0.15) is 0 Å². The molecule has 0 bridgehead atoms. The Hall–Kier alpha value is -1.30. The standard InChI is InChI=1S/C6H4ClF2N3O/c7-3-1-2-4(12-11-3)10-6(13)5(8)9/h1-2,5H,(H,10,12,13). The van der Waals surface area contributed by atoms with Crippen LogP contribution in [0.25, 0.3) is 0 Å². The number of carbonyl (C=O) groups is 1. The van der Waals surface area contributed by atoms with E-state index in [1.807, 2.05) is 5.32 Å². The molecule has 4 nitrogen and oxygen atoms in total. The molecular weight excluding hydrogens is 204 g/mol. The van der Waals surface area contributed by atoms with Crippen LogP contribution in [0.15, 0.2) is 12.1 Å². The van der Waals surface area contributed by atoms with E-state index in [2.05, 4.69) is 10.2 Å². The van der Waals surface area contributed by atoms with Crippen molar-refractivity contribution >= 4 is 23.3 Å². The minimum Gasteiger partial charge on any atom is -0.304 e. The van der Waals surface area contributed by atoms with Crippen molar-refractivity contribution < 1.29 is 13.6 Å². The van der Waals surface area contributed by atoms with E-state index in [0.717, 1.165) is 0 Å². The number of rotatable bonds is 2. The first-order chi connectivity index (χ1) is 6.09. The number of carbonyl (C=O) groups excluding carboxylic acids is 1. The molecule has 0 aliphatic rings. The summed E-state index contributed by atoms with van der Waals surface area (Å²) in [5.41, 5.74) is 0. The molecule has 1 amide bonds. The van der Waals surface area contributed by atoms with E-state index in [4.69, 9.17) is 11.6 Å². The van der Waals surface area contributed by atoms with Gasteiger partial charge < -0.3 is 5.32 Å². The Morgan fingerprint density at radius 3 is 2.62 bits per heavy atom. The largest absolute Gasteiger partial charge is 0.315 e. The summed E-state index contributed by atoms with van der Waals surface area (Å²) in [4.78, 5) is 10.4. The maximum Gasteiger partial charge on any atom is 0.315 e. The van der Waals surface area contributed by atoms with Crippen LogP contribution in [-0.4, -0.2) is 22.5 Å². The Kier molecular flexibility index (Phi) is 3.07. The number of amides is 1.